The first-order valence-corrected chi connectivity index (χ1v) is 9.72. The number of fused-ring (bicyclic) bond motifs is 1. The fraction of sp³-hybridized carbons (Fsp3) is 0.125. The summed E-state index contributed by atoms with van der Waals surface area (Å²) in [5.74, 6) is 0.602. The molecule has 3 aromatic carbocycles. The van der Waals surface area contributed by atoms with Crippen LogP contribution in [0.1, 0.15) is 27.3 Å². The molecule has 0 saturated heterocycles. The van der Waals surface area contributed by atoms with Gasteiger partial charge in [0.2, 0.25) is 0 Å². The Labute approximate surface area is 175 Å². The number of amides is 1. The lowest BCUT2D eigenvalue weighted by atomic mass is 10.1. The van der Waals surface area contributed by atoms with Gasteiger partial charge < -0.3 is 9.88 Å². The Morgan fingerprint density at radius 2 is 1.83 bits per heavy atom. The molecule has 30 heavy (non-hydrogen) atoms. The highest BCUT2D eigenvalue weighted by molar-refractivity contribution is 5.97. The van der Waals surface area contributed by atoms with E-state index in [1.807, 2.05) is 67.5 Å². The molecule has 2 N–H and O–H groups in total. The smallest absolute Gasteiger partial charge is 0.271 e. The van der Waals surface area contributed by atoms with Crippen molar-refractivity contribution in [3.8, 4) is 0 Å². The van der Waals surface area contributed by atoms with Crippen molar-refractivity contribution in [1.82, 2.24) is 15.4 Å². The average Bonchev–Trinajstić information content (AvgIpc) is 3.16. The largest absolute Gasteiger partial charge is 0.378 e. The van der Waals surface area contributed by atoms with E-state index in [4.69, 9.17) is 0 Å². The molecule has 0 saturated carbocycles. The number of aromatic amines is 1. The van der Waals surface area contributed by atoms with Crippen molar-refractivity contribution in [2.24, 2.45) is 5.10 Å². The molecule has 0 radical (unpaired) electrons. The average molecular weight is 397 g/mol. The van der Waals surface area contributed by atoms with Crippen LogP contribution in [-0.4, -0.2) is 36.2 Å². The Morgan fingerprint density at radius 1 is 1.07 bits per heavy atom. The minimum absolute atomic E-state index is 0.266. The van der Waals surface area contributed by atoms with Gasteiger partial charge in [-0.25, -0.2) is 10.4 Å². The summed E-state index contributed by atoms with van der Waals surface area (Å²) in [6, 6.07) is 23.5. The Hall–Kier alpha value is -3.93. The van der Waals surface area contributed by atoms with E-state index >= 15 is 0 Å². The molecular weight excluding hydrogens is 374 g/mol. The molecule has 4 aromatic rings. The fourth-order valence-electron chi connectivity index (χ4n) is 3.17. The Balaban J connectivity index is 1.42. The highest BCUT2D eigenvalue weighted by Gasteiger charge is 2.09. The third-order valence-electron chi connectivity index (χ3n) is 4.80. The van der Waals surface area contributed by atoms with Crippen molar-refractivity contribution < 1.29 is 4.79 Å². The molecule has 0 spiro atoms. The van der Waals surface area contributed by atoms with Crippen LogP contribution in [0, 0.1) is 0 Å². The molecule has 0 aliphatic rings. The van der Waals surface area contributed by atoms with E-state index in [9.17, 15) is 4.79 Å². The number of benzene rings is 3. The van der Waals surface area contributed by atoms with Crippen LogP contribution in [0.4, 0.5) is 5.69 Å². The predicted octanol–water partition coefficient (Wildman–Crippen LogP) is 3.98. The van der Waals surface area contributed by atoms with E-state index in [1.165, 1.54) is 5.56 Å². The Kier molecular flexibility index (Phi) is 5.57. The SMILES string of the molecule is CN(C)c1ccc(/C=N\NC(=O)c2ccc3nc(Cc4ccccc4)[nH]c3c2)cc1. The molecule has 6 nitrogen and oxygen atoms in total. The van der Waals surface area contributed by atoms with Crippen LogP contribution in [0.2, 0.25) is 0 Å². The molecule has 0 bridgehead atoms. The molecule has 0 atom stereocenters. The summed E-state index contributed by atoms with van der Waals surface area (Å²) in [5.41, 5.74) is 7.98. The number of aromatic nitrogens is 2. The normalized spacial score (nSPS) is 11.1. The molecule has 6 heteroatoms. The molecule has 0 fully saturated rings. The van der Waals surface area contributed by atoms with Crippen molar-refractivity contribution in [2.75, 3.05) is 19.0 Å². The minimum Gasteiger partial charge on any atom is -0.378 e. The van der Waals surface area contributed by atoms with Gasteiger partial charge in [-0.1, -0.05) is 42.5 Å². The van der Waals surface area contributed by atoms with Gasteiger partial charge in [0, 0.05) is 31.8 Å². The van der Waals surface area contributed by atoms with Crippen molar-refractivity contribution in [2.45, 2.75) is 6.42 Å². The van der Waals surface area contributed by atoms with Crippen LogP contribution >= 0.6 is 0 Å². The van der Waals surface area contributed by atoms with E-state index in [0.29, 0.717) is 12.0 Å². The summed E-state index contributed by atoms with van der Waals surface area (Å²) < 4.78 is 0. The van der Waals surface area contributed by atoms with Gasteiger partial charge in [0.1, 0.15) is 5.82 Å². The number of imidazole rings is 1. The highest BCUT2D eigenvalue weighted by atomic mass is 16.2. The molecule has 0 unspecified atom stereocenters. The van der Waals surface area contributed by atoms with Crippen molar-refractivity contribution in [1.29, 1.82) is 0 Å². The van der Waals surface area contributed by atoms with E-state index in [2.05, 4.69) is 32.6 Å². The van der Waals surface area contributed by atoms with Gasteiger partial charge in [-0.2, -0.15) is 5.10 Å². The molecule has 150 valence electrons. The number of nitrogens with one attached hydrogen (secondary N) is 2. The van der Waals surface area contributed by atoms with Crippen LogP contribution in [-0.2, 0) is 6.42 Å². The number of hydrogen-bond donors (Lipinski definition) is 2. The molecular formula is C24H23N5O. The maximum Gasteiger partial charge on any atom is 0.271 e. The topological polar surface area (TPSA) is 73.4 Å². The van der Waals surface area contributed by atoms with Crippen LogP contribution in [0.5, 0.6) is 0 Å². The maximum atomic E-state index is 12.5. The highest BCUT2D eigenvalue weighted by Crippen LogP contribution is 2.16. The standard InChI is InChI=1S/C24H23N5O/c1-29(2)20-11-8-18(9-12-20)16-25-28-24(30)19-10-13-21-22(15-19)27-23(26-21)14-17-6-4-3-5-7-17/h3-13,15-16H,14H2,1-2H3,(H,26,27)(H,28,30)/b25-16-. The first kappa shape index (κ1) is 19.4. The third-order valence-corrected chi connectivity index (χ3v) is 4.80. The summed E-state index contributed by atoms with van der Waals surface area (Å²) in [6.45, 7) is 0. The van der Waals surface area contributed by atoms with Gasteiger partial charge >= 0.3 is 0 Å². The van der Waals surface area contributed by atoms with Gasteiger partial charge in [0.25, 0.3) is 5.91 Å². The summed E-state index contributed by atoms with van der Waals surface area (Å²) in [6.07, 6.45) is 2.35. The summed E-state index contributed by atoms with van der Waals surface area (Å²) >= 11 is 0. The summed E-state index contributed by atoms with van der Waals surface area (Å²) in [4.78, 5) is 22.4. The molecule has 4 rings (SSSR count). The van der Waals surface area contributed by atoms with E-state index < -0.39 is 0 Å². The van der Waals surface area contributed by atoms with E-state index in [1.54, 1.807) is 18.3 Å². The van der Waals surface area contributed by atoms with Crippen molar-refractivity contribution in [3.63, 3.8) is 0 Å². The first-order valence-electron chi connectivity index (χ1n) is 9.72. The van der Waals surface area contributed by atoms with Crippen molar-refractivity contribution in [3.05, 3.63) is 95.3 Å². The zero-order valence-electron chi connectivity index (χ0n) is 17.0. The molecule has 0 aliphatic heterocycles. The van der Waals surface area contributed by atoms with Crippen LogP contribution in [0.15, 0.2) is 77.9 Å². The lowest BCUT2D eigenvalue weighted by Crippen LogP contribution is -2.17. The number of nitrogens with zero attached hydrogens (tertiary/aromatic N) is 3. The van der Waals surface area contributed by atoms with Crippen LogP contribution in [0.3, 0.4) is 0 Å². The van der Waals surface area contributed by atoms with Gasteiger partial charge in [0.15, 0.2) is 0 Å². The second-order valence-electron chi connectivity index (χ2n) is 7.26. The lowest BCUT2D eigenvalue weighted by molar-refractivity contribution is 0.0955. The maximum absolute atomic E-state index is 12.5. The van der Waals surface area contributed by atoms with Gasteiger partial charge in [0.05, 0.1) is 17.2 Å². The number of carbonyl (C=O) groups excluding carboxylic acids is 1. The second-order valence-corrected chi connectivity index (χ2v) is 7.26. The van der Waals surface area contributed by atoms with Crippen molar-refractivity contribution >= 4 is 28.8 Å². The monoisotopic (exact) mass is 397 g/mol. The number of hydrazone groups is 1. The fourth-order valence-corrected chi connectivity index (χ4v) is 3.17. The van der Waals surface area contributed by atoms with E-state index in [0.717, 1.165) is 28.1 Å². The second kappa shape index (κ2) is 8.61. The first-order chi connectivity index (χ1) is 14.6. The minimum atomic E-state index is -0.266. The third kappa shape index (κ3) is 4.55. The van der Waals surface area contributed by atoms with Crippen LogP contribution < -0.4 is 10.3 Å². The van der Waals surface area contributed by atoms with Gasteiger partial charge in [-0.3, -0.25) is 4.79 Å². The van der Waals surface area contributed by atoms with Gasteiger partial charge in [-0.05, 0) is 41.5 Å². The zero-order valence-corrected chi connectivity index (χ0v) is 17.0. The summed E-state index contributed by atoms with van der Waals surface area (Å²) in [7, 11) is 3.98. The number of H-pyrrole nitrogens is 1. The molecule has 1 heterocycles. The molecule has 0 aliphatic carbocycles. The number of hydrogen-bond acceptors (Lipinski definition) is 4. The Bertz CT molecular complexity index is 1180. The number of carbonyl (C=O) groups is 1. The Morgan fingerprint density at radius 3 is 2.57 bits per heavy atom. The molecule has 1 aromatic heterocycles. The van der Waals surface area contributed by atoms with Gasteiger partial charge in [-0.15, -0.1) is 0 Å². The predicted molar refractivity (Wildman–Crippen MR) is 121 cm³/mol. The quantitative estimate of drug-likeness (QED) is 0.382. The summed E-state index contributed by atoms with van der Waals surface area (Å²) in [5, 5.41) is 4.07. The molecule has 1 amide bonds. The zero-order chi connectivity index (χ0) is 20.9. The van der Waals surface area contributed by atoms with Crippen LogP contribution in [0.25, 0.3) is 11.0 Å². The number of rotatable bonds is 6. The lowest BCUT2D eigenvalue weighted by Gasteiger charge is -2.11. The number of anilines is 1. The van der Waals surface area contributed by atoms with E-state index in [-0.39, 0.29) is 5.91 Å².